The number of ether oxygens (including phenoxy) is 1. The highest BCUT2D eigenvalue weighted by molar-refractivity contribution is 6.19. The van der Waals surface area contributed by atoms with Crippen LogP contribution in [-0.2, 0) is 4.74 Å². The Morgan fingerprint density at radius 2 is 1.74 bits per heavy atom. The van der Waals surface area contributed by atoms with E-state index in [4.69, 9.17) is 4.74 Å². The van der Waals surface area contributed by atoms with E-state index < -0.39 is 5.97 Å². The number of nitrogens with zero attached hydrogens (tertiary/aromatic N) is 1. The molecular formula is C23H17NO3. The Balaban J connectivity index is 2.24. The van der Waals surface area contributed by atoms with E-state index in [9.17, 15) is 9.59 Å². The fourth-order valence-corrected chi connectivity index (χ4v) is 3.44. The molecule has 0 radical (unpaired) electrons. The Hall–Kier alpha value is -3.53. The van der Waals surface area contributed by atoms with Gasteiger partial charge in [0.25, 0.3) is 0 Å². The number of fused-ring (bicyclic) bond motifs is 3. The van der Waals surface area contributed by atoms with Crippen LogP contribution in [0.2, 0.25) is 0 Å². The van der Waals surface area contributed by atoms with Gasteiger partial charge in [-0.1, -0.05) is 60.7 Å². The summed E-state index contributed by atoms with van der Waals surface area (Å²) >= 11 is 0. The molecule has 4 aromatic rings. The fraction of sp³-hybridized carbons (Fsp3) is 0.0870. The van der Waals surface area contributed by atoms with Crippen LogP contribution >= 0.6 is 0 Å². The van der Waals surface area contributed by atoms with Crippen LogP contribution in [0.25, 0.3) is 32.8 Å². The molecule has 0 unspecified atom stereocenters. The predicted octanol–water partition coefficient (Wildman–Crippen LogP) is 5.04. The average molecular weight is 355 g/mol. The lowest BCUT2D eigenvalue weighted by atomic mass is 9.91. The zero-order valence-corrected chi connectivity index (χ0v) is 14.8. The van der Waals surface area contributed by atoms with Crippen LogP contribution in [0, 0.1) is 0 Å². The number of pyridine rings is 1. The van der Waals surface area contributed by atoms with Gasteiger partial charge in [-0.25, -0.2) is 9.78 Å². The van der Waals surface area contributed by atoms with Crippen molar-refractivity contribution in [2.45, 2.75) is 6.92 Å². The fourth-order valence-electron chi connectivity index (χ4n) is 3.44. The second-order valence-corrected chi connectivity index (χ2v) is 6.13. The van der Waals surface area contributed by atoms with Gasteiger partial charge in [0, 0.05) is 10.9 Å². The molecule has 0 aliphatic carbocycles. The minimum absolute atomic E-state index is 0.0927. The molecule has 0 spiro atoms. The smallest absolute Gasteiger partial charge is 0.341 e. The number of esters is 1. The normalized spacial score (nSPS) is 10.9. The lowest BCUT2D eigenvalue weighted by molar-refractivity contribution is 0.0524. The molecule has 0 fully saturated rings. The van der Waals surface area contributed by atoms with Crippen LogP contribution in [0.5, 0.6) is 0 Å². The van der Waals surface area contributed by atoms with Crippen LogP contribution in [0.1, 0.15) is 27.8 Å². The summed E-state index contributed by atoms with van der Waals surface area (Å²) in [6.07, 6.45) is 0.618. The predicted molar refractivity (Wildman–Crippen MR) is 106 cm³/mol. The summed E-state index contributed by atoms with van der Waals surface area (Å²) < 4.78 is 5.26. The zero-order valence-electron chi connectivity index (χ0n) is 14.8. The molecule has 0 aliphatic rings. The molecule has 0 amide bonds. The maximum Gasteiger partial charge on any atom is 0.341 e. The molecule has 0 atom stereocenters. The standard InChI is InChI=1S/C23H17NO3/c1-2-27-23(26)22-19(14-25)24-18-13-12-15-8-6-7-11-17(15)21(18)20(22)16-9-4-3-5-10-16/h3-14H,2H2,1H3. The highest BCUT2D eigenvalue weighted by atomic mass is 16.5. The Morgan fingerprint density at radius 3 is 2.48 bits per heavy atom. The first-order valence-corrected chi connectivity index (χ1v) is 8.77. The first-order valence-electron chi connectivity index (χ1n) is 8.77. The highest BCUT2D eigenvalue weighted by Gasteiger charge is 2.24. The summed E-state index contributed by atoms with van der Waals surface area (Å²) in [7, 11) is 0. The summed E-state index contributed by atoms with van der Waals surface area (Å²) in [6, 6.07) is 21.4. The van der Waals surface area contributed by atoms with Gasteiger partial charge in [-0.15, -0.1) is 0 Å². The molecule has 0 saturated carbocycles. The van der Waals surface area contributed by atoms with Crippen molar-refractivity contribution in [3.8, 4) is 11.1 Å². The molecule has 1 heterocycles. The van der Waals surface area contributed by atoms with Crippen molar-refractivity contribution in [1.29, 1.82) is 0 Å². The monoisotopic (exact) mass is 355 g/mol. The van der Waals surface area contributed by atoms with E-state index in [1.165, 1.54) is 0 Å². The van der Waals surface area contributed by atoms with Crippen molar-refractivity contribution in [3.05, 3.63) is 78.0 Å². The minimum atomic E-state index is -0.541. The molecule has 4 nitrogen and oxygen atoms in total. The van der Waals surface area contributed by atoms with E-state index in [2.05, 4.69) is 4.98 Å². The largest absolute Gasteiger partial charge is 0.462 e. The van der Waals surface area contributed by atoms with Crippen molar-refractivity contribution in [2.24, 2.45) is 0 Å². The van der Waals surface area contributed by atoms with Gasteiger partial charge in [-0.2, -0.15) is 0 Å². The van der Waals surface area contributed by atoms with Gasteiger partial charge in [0.2, 0.25) is 0 Å². The van der Waals surface area contributed by atoms with Gasteiger partial charge in [-0.05, 0) is 29.3 Å². The van der Waals surface area contributed by atoms with Crippen LogP contribution < -0.4 is 0 Å². The van der Waals surface area contributed by atoms with Crippen molar-refractivity contribution >= 4 is 33.9 Å². The third-order valence-electron chi connectivity index (χ3n) is 4.56. The number of hydrogen-bond donors (Lipinski definition) is 0. The van der Waals surface area contributed by atoms with Gasteiger partial charge >= 0.3 is 5.97 Å². The molecular weight excluding hydrogens is 338 g/mol. The van der Waals surface area contributed by atoms with E-state index in [0.29, 0.717) is 17.4 Å². The summed E-state index contributed by atoms with van der Waals surface area (Å²) in [5.74, 6) is -0.541. The Morgan fingerprint density at radius 1 is 1.00 bits per heavy atom. The molecule has 0 aliphatic heterocycles. The number of hydrogen-bond acceptors (Lipinski definition) is 4. The quantitative estimate of drug-likeness (QED) is 0.292. The molecule has 0 saturated heterocycles. The van der Waals surface area contributed by atoms with E-state index in [1.54, 1.807) is 6.92 Å². The Bertz CT molecular complexity index is 1170. The van der Waals surface area contributed by atoms with Gasteiger partial charge < -0.3 is 4.74 Å². The van der Waals surface area contributed by atoms with Crippen LogP contribution in [-0.4, -0.2) is 23.8 Å². The third-order valence-corrected chi connectivity index (χ3v) is 4.56. The van der Waals surface area contributed by atoms with Crippen molar-refractivity contribution in [3.63, 3.8) is 0 Å². The number of benzene rings is 3. The number of aldehydes is 1. The Kier molecular flexibility index (Phi) is 4.38. The van der Waals surface area contributed by atoms with Crippen molar-refractivity contribution in [2.75, 3.05) is 6.61 Å². The summed E-state index contributed by atoms with van der Waals surface area (Å²) in [5.41, 5.74) is 2.49. The summed E-state index contributed by atoms with van der Waals surface area (Å²) in [6.45, 7) is 1.96. The maximum absolute atomic E-state index is 12.8. The van der Waals surface area contributed by atoms with E-state index in [1.807, 2.05) is 66.7 Å². The van der Waals surface area contributed by atoms with Gasteiger partial charge in [0.15, 0.2) is 6.29 Å². The highest BCUT2D eigenvalue weighted by Crippen LogP contribution is 2.37. The minimum Gasteiger partial charge on any atom is -0.462 e. The van der Waals surface area contributed by atoms with Gasteiger partial charge in [0.05, 0.1) is 17.7 Å². The third kappa shape index (κ3) is 2.85. The van der Waals surface area contributed by atoms with Crippen molar-refractivity contribution < 1.29 is 14.3 Å². The van der Waals surface area contributed by atoms with E-state index in [0.717, 1.165) is 21.7 Å². The number of carbonyl (C=O) groups is 2. The molecule has 4 rings (SSSR count). The topological polar surface area (TPSA) is 56.3 Å². The molecule has 3 aromatic carbocycles. The van der Waals surface area contributed by atoms with Gasteiger partial charge in [0.1, 0.15) is 5.69 Å². The van der Waals surface area contributed by atoms with Gasteiger partial charge in [-0.3, -0.25) is 4.79 Å². The number of aromatic nitrogens is 1. The van der Waals surface area contributed by atoms with E-state index >= 15 is 0 Å². The lowest BCUT2D eigenvalue weighted by Gasteiger charge is -2.16. The molecule has 4 heteroatoms. The molecule has 0 N–H and O–H groups in total. The second-order valence-electron chi connectivity index (χ2n) is 6.13. The molecule has 132 valence electrons. The lowest BCUT2D eigenvalue weighted by Crippen LogP contribution is -2.12. The molecule has 27 heavy (non-hydrogen) atoms. The SMILES string of the molecule is CCOC(=O)c1c(C=O)nc2ccc3ccccc3c2c1-c1ccccc1. The number of rotatable bonds is 4. The maximum atomic E-state index is 12.8. The summed E-state index contributed by atoms with van der Waals surface area (Å²) in [5, 5.41) is 2.86. The van der Waals surface area contributed by atoms with E-state index in [-0.39, 0.29) is 17.9 Å². The zero-order chi connectivity index (χ0) is 18.8. The average Bonchev–Trinajstić information content (AvgIpc) is 2.72. The van der Waals surface area contributed by atoms with Crippen LogP contribution in [0.4, 0.5) is 0 Å². The first kappa shape index (κ1) is 16.9. The summed E-state index contributed by atoms with van der Waals surface area (Å²) in [4.78, 5) is 29.0. The number of carbonyl (C=O) groups excluding carboxylic acids is 2. The molecule has 0 bridgehead atoms. The first-order chi connectivity index (χ1) is 13.2. The van der Waals surface area contributed by atoms with Crippen LogP contribution in [0.3, 0.4) is 0 Å². The van der Waals surface area contributed by atoms with Crippen LogP contribution in [0.15, 0.2) is 66.7 Å². The van der Waals surface area contributed by atoms with Crippen molar-refractivity contribution in [1.82, 2.24) is 4.98 Å². The second kappa shape index (κ2) is 7.00. The molecule has 1 aromatic heterocycles. The Labute approximate surface area is 156 Å².